The molecule has 0 aromatic carbocycles. The number of ether oxygens (including phenoxy) is 3. The molecule has 40 heavy (non-hydrogen) atoms. The van der Waals surface area contributed by atoms with Crippen molar-refractivity contribution < 1.29 is 19.3 Å². The Bertz CT molecular complexity index is 1190. The highest BCUT2D eigenvalue weighted by atomic mass is 16.5. The van der Waals surface area contributed by atoms with E-state index in [1.165, 1.54) is 5.70 Å². The van der Waals surface area contributed by atoms with Crippen molar-refractivity contribution in [1.29, 1.82) is 0 Å². The van der Waals surface area contributed by atoms with Gasteiger partial charge in [0.1, 0.15) is 5.60 Å². The number of aliphatic imine (C=N–C) groups is 2. The monoisotopic (exact) mass is 553 g/mol. The number of hydrogen-bond acceptors (Lipinski definition) is 10. The van der Waals surface area contributed by atoms with E-state index in [-0.39, 0.29) is 18.1 Å². The van der Waals surface area contributed by atoms with Gasteiger partial charge in [0.15, 0.2) is 11.9 Å². The van der Waals surface area contributed by atoms with Gasteiger partial charge in [0.25, 0.3) is 0 Å². The minimum atomic E-state index is -1.04. The quantitative estimate of drug-likeness (QED) is 0.546. The molecule has 0 spiro atoms. The zero-order valence-corrected chi connectivity index (χ0v) is 23.9. The first kappa shape index (κ1) is 27.6. The summed E-state index contributed by atoms with van der Waals surface area (Å²) in [6.45, 7) is 8.97. The summed E-state index contributed by atoms with van der Waals surface area (Å²) in [5.74, 6) is 0.569. The number of allylic oxidation sites excluding steroid dienone is 2. The van der Waals surface area contributed by atoms with E-state index in [1.54, 1.807) is 12.4 Å². The fraction of sp³-hybridized carbons (Fsp3) is 0.690. The SMILES string of the molecule is C[C@@H]1COCCN1C1=CC([C@@]2(O)CCO[C@@H]2C)=CC(C2=NC(Oc3cnn(C4CCN(C)CC4)c3)C(N)N=C2)C1. The molecule has 5 heterocycles. The van der Waals surface area contributed by atoms with Crippen molar-refractivity contribution in [3.8, 4) is 5.75 Å². The summed E-state index contributed by atoms with van der Waals surface area (Å²) in [5.41, 5.74) is 8.16. The average molecular weight is 554 g/mol. The van der Waals surface area contributed by atoms with Crippen molar-refractivity contribution in [1.82, 2.24) is 19.6 Å². The molecule has 3 N–H and O–H groups in total. The standard InChI is InChI=1S/C29H43N7O4/c1-19-18-38-11-9-35(19)24-13-21(12-22(14-24)29(37)6-10-39-20(29)2)26-16-31-27(30)28(33-26)40-25-15-32-36(17-25)23-4-7-34(3)8-5-23/h12,14-17,19-21,23,27-28,37H,4-11,13,18,30H2,1-3H3/t19-,20-,21?,27?,28?,29-/m1/s1. The molecule has 1 aromatic heterocycles. The van der Waals surface area contributed by atoms with Crippen LogP contribution in [0.2, 0.25) is 0 Å². The molecule has 6 rings (SSSR count). The molecular formula is C29H43N7O4. The van der Waals surface area contributed by atoms with Crippen LogP contribution in [0.3, 0.4) is 0 Å². The number of morpholine rings is 1. The molecule has 4 aliphatic heterocycles. The molecular weight excluding hydrogens is 510 g/mol. The summed E-state index contributed by atoms with van der Waals surface area (Å²) in [6, 6.07) is 0.622. The molecule has 0 bridgehead atoms. The Labute approximate surface area is 236 Å². The number of hydrogen-bond donors (Lipinski definition) is 2. The van der Waals surface area contributed by atoms with Crippen LogP contribution in [0.1, 0.15) is 45.6 Å². The largest absolute Gasteiger partial charge is 0.462 e. The number of piperidine rings is 1. The van der Waals surface area contributed by atoms with Gasteiger partial charge in [-0.1, -0.05) is 6.08 Å². The van der Waals surface area contributed by atoms with E-state index in [1.807, 2.05) is 17.8 Å². The molecule has 3 unspecified atom stereocenters. The third-order valence-electron chi connectivity index (χ3n) is 9.12. The van der Waals surface area contributed by atoms with Gasteiger partial charge in [0, 0.05) is 36.8 Å². The molecule has 218 valence electrons. The number of aliphatic hydroxyl groups is 1. The van der Waals surface area contributed by atoms with Gasteiger partial charge < -0.3 is 34.9 Å². The molecule has 1 aliphatic carbocycles. The molecule has 11 nitrogen and oxygen atoms in total. The van der Waals surface area contributed by atoms with Crippen LogP contribution in [0.4, 0.5) is 0 Å². The summed E-state index contributed by atoms with van der Waals surface area (Å²) in [5, 5.41) is 16.3. The van der Waals surface area contributed by atoms with Gasteiger partial charge in [0.2, 0.25) is 6.23 Å². The first-order chi connectivity index (χ1) is 19.3. The molecule has 0 saturated carbocycles. The maximum atomic E-state index is 11.7. The van der Waals surface area contributed by atoms with Crippen LogP contribution < -0.4 is 10.5 Å². The molecule has 1 aromatic rings. The topological polar surface area (TPSA) is 123 Å². The second-order valence-corrected chi connectivity index (χ2v) is 11.9. The van der Waals surface area contributed by atoms with Gasteiger partial charge in [-0.15, -0.1) is 0 Å². The fourth-order valence-corrected chi connectivity index (χ4v) is 6.47. The lowest BCUT2D eigenvalue weighted by molar-refractivity contribution is -0.000828. The Kier molecular flexibility index (Phi) is 7.84. The van der Waals surface area contributed by atoms with Crippen LogP contribution in [-0.4, -0.2) is 113 Å². The van der Waals surface area contributed by atoms with Crippen LogP contribution >= 0.6 is 0 Å². The third-order valence-corrected chi connectivity index (χ3v) is 9.12. The second-order valence-electron chi connectivity index (χ2n) is 11.9. The summed E-state index contributed by atoms with van der Waals surface area (Å²) in [7, 11) is 2.15. The maximum absolute atomic E-state index is 11.7. The number of likely N-dealkylation sites (tertiary alicyclic amines) is 1. The first-order valence-corrected chi connectivity index (χ1v) is 14.7. The average Bonchev–Trinajstić information content (AvgIpc) is 3.57. The third kappa shape index (κ3) is 5.49. The lowest BCUT2D eigenvalue weighted by Gasteiger charge is -2.41. The molecule has 0 radical (unpaired) electrons. The minimum absolute atomic E-state index is 0.0776. The zero-order valence-electron chi connectivity index (χ0n) is 23.9. The van der Waals surface area contributed by atoms with E-state index < -0.39 is 18.0 Å². The lowest BCUT2D eigenvalue weighted by Crippen LogP contribution is -2.46. The van der Waals surface area contributed by atoms with Crippen LogP contribution in [-0.2, 0) is 9.47 Å². The van der Waals surface area contributed by atoms with Gasteiger partial charge >= 0.3 is 0 Å². The Hall–Kier alpha value is -2.57. The Morgan fingerprint density at radius 1 is 1.18 bits per heavy atom. The Balaban J connectivity index is 1.24. The lowest BCUT2D eigenvalue weighted by atomic mass is 9.79. The van der Waals surface area contributed by atoms with Crippen LogP contribution in [0.15, 0.2) is 45.8 Å². The molecule has 0 amide bonds. The molecule has 3 fully saturated rings. The van der Waals surface area contributed by atoms with E-state index >= 15 is 0 Å². The normalized spacial score (nSPS) is 35.9. The molecule has 3 saturated heterocycles. The Morgan fingerprint density at radius 2 is 2.00 bits per heavy atom. The van der Waals surface area contributed by atoms with E-state index in [9.17, 15) is 5.11 Å². The fourth-order valence-electron chi connectivity index (χ4n) is 6.47. The highest BCUT2D eigenvalue weighted by Crippen LogP contribution is 2.39. The first-order valence-electron chi connectivity index (χ1n) is 14.7. The number of nitrogens with zero attached hydrogens (tertiary/aromatic N) is 6. The van der Waals surface area contributed by atoms with Gasteiger partial charge in [-0.25, -0.2) is 4.99 Å². The van der Waals surface area contributed by atoms with E-state index in [2.05, 4.69) is 46.0 Å². The molecule has 6 atom stereocenters. The van der Waals surface area contributed by atoms with Crippen molar-refractivity contribution in [2.45, 2.75) is 75.7 Å². The number of aromatic nitrogens is 2. The maximum Gasteiger partial charge on any atom is 0.225 e. The van der Waals surface area contributed by atoms with Crippen LogP contribution in [0.5, 0.6) is 5.75 Å². The van der Waals surface area contributed by atoms with Crippen molar-refractivity contribution >= 4 is 11.9 Å². The predicted octanol–water partition coefficient (Wildman–Crippen LogP) is 1.76. The van der Waals surface area contributed by atoms with Crippen LogP contribution in [0, 0.1) is 5.92 Å². The highest BCUT2D eigenvalue weighted by Gasteiger charge is 2.44. The highest BCUT2D eigenvalue weighted by molar-refractivity contribution is 6.32. The van der Waals surface area contributed by atoms with E-state index in [0.717, 1.165) is 50.2 Å². The van der Waals surface area contributed by atoms with Crippen molar-refractivity contribution in [3.63, 3.8) is 0 Å². The summed E-state index contributed by atoms with van der Waals surface area (Å²) >= 11 is 0. The van der Waals surface area contributed by atoms with Gasteiger partial charge in [-0.3, -0.25) is 9.67 Å². The smallest absolute Gasteiger partial charge is 0.225 e. The van der Waals surface area contributed by atoms with Gasteiger partial charge in [0.05, 0.1) is 50.1 Å². The summed E-state index contributed by atoms with van der Waals surface area (Å²) in [6.07, 6.45) is 11.7. The molecule has 11 heteroatoms. The van der Waals surface area contributed by atoms with Crippen molar-refractivity contribution in [2.75, 3.05) is 46.5 Å². The van der Waals surface area contributed by atoms with E-state index in [0.29, 0.717) is 38.0 Å². The van der Waals surface area contributed by atoms with Crippen molar-refractivity contribution in [3.05, 3.63) is 35.8 Å². The minimum Gasteiger partial charge on any atom is -0.462 e. The molecule has 5 aliphatic rings. The Morgan fingerprint density at radius 3 is 2.75 bits per heavy atom. The second kappa shape index (κ2) is 11.4. The zero-order chi connectivity index (χ0) is 27.9. The van der Waals surface area contributed by atoms with E-state index in [4.69, 9.17) is 24.9 Å². The van der Waals surface area contributed by atoms with Crippen molar-refractivity contribution in [2.24, 2.45) is 21.6 Å². The number of nitrogens with two attached hydrogens (primary N) is 1. The van der Waals surface area contributed by atoms with Gasteiger partial charge in [-0.05, 0) is 64.9 Å². The predicted molar refractivity (Wildman–Crippen MR) is 153 cm³/mol. The number of rotatable bonds is 6. The van der Waals surface area contributed by atoms with Crippen LogP contribution in [0.25, 0.3) is 0 Å². The van der Waals surface area contributed by atoms with Gasteiger partial charge in [-0.2, -0.15) is 5.10 Å². The summed E-state index contributed by atoms with van der Waals surface area (Å²) < 4.78 is 19.8. The summed E-state index contributed by atoms with van der Waals surface area (Å²) in [4.78, 5) is 14.3.